The summed E-state index contributed by atoms with van der Waals surface area (Å²) in [6.45, 7) is 4.94. The molecule has 1 aromatic carbocycles. The van der Waals surface area contributed by atoms with Crippen molar-refractivity contribution in [3.8, 4) is 5.75 Å². The van der Waals surface area contributed by atoms with Gasteiger partial charge in [-0.25, -0.2) is 9.59 Å². The van der Waals surface area contributed by atoms with E-state index in [1.165, 1.54) is 18.4 Å². The molecule has 0 bridgehead atoms. The second-order valence-electron chi connectivity index (χ2n) is 9.87. The minimum Gasteiger partial charge on any atom is -0.497 e. The van der Waals surface area contributed by atoms with E-state index in [2.05, 4.69) is 26.9 Å². The molecule has 42 heavy (non-hydrogen) atoms. The van der Waals surface area contributed by atoms with Crippen molar-refractivity contribution in [3.05, 3.63) is 59.9 Å². The Morgan fingerprint density at radius 1 is 0.905 bits per heavy atom. The predicted octanol–water partition coefficient (Wildman–Crippen LogP) is 4.41. The van der Waals surface area contributed by atoms with E-state index in [1.54, 1.807) is 19.5 Å². The number of rotatable bonds is 5. The second-order valence-corrected chi connectivity index (χ2v) is 9.87. The molecule has 2 N–H and O–H groups in total. The number of hydrogen-bond donors (Lipinski definition) is 2. The molecule has 0 radical (unpaired) electrons. The molecule has 2 aliphatic rings. The molecule has 4 rings (SSSR count). The lowest BCUT2D eigenvalue weighted by molar-refractivity contribution is -0.193. The van der Waals surface area contributed by atoms with Gasteiger partial charge >= 0.3 is 24.3 Å². The van der Waals surface area contributed by atoms with Gasteiger partial charge in [0.05, 0.1) is 13.5 Å². The number of alkyl halides is 6. The van der Waals surface area contributed by atoms with Gasteiger partial charge in [-0.05, 0) is 55.1 Å². The Morgan fingerprint density at radius 3 is 2.00 bits per heavy atom. The van der Waals surface area contributed by atoms with E-state index in [9.17, 15) is 31.1 Å². The van der Waals surface area contributed by atoms with Gasteiger partial charge in [-0.1, -0.05) is 18.2 Å². The highest BCUT2D eigenvalue weighted by atomic mass is 19.4. The molecule has 15 heteroatoms. The average molecular weight is 608 g/mol. The maximum absolute atomic E-state index is 12.8. The highest BCUT2D eigenvalue weighted by Gasteiger charge is 2.42. The quantitative estimate of drug-likeness (QED) is 0.480. The number of hydrogen-bond acceptors (Lipinski definition) is 6. The van der Waals surface area contributed by atoms with Gasteiger partial charge in [0.2, 0.25) is 5.91 Å². The van der Waals surface area contributed by atoms with E-state index < -0.39 is 24.3 Å². The van der Waals surface area contributed by atoms with E-state index in [-0.39, 0.29) is 11.3 Å². The van der Waals surface area contributed by atoms with Gasteiger partial charge in [-0.3, -0.25) is 14.7 Å². The van der Waals surface area contributed by atoms with E-state index in [0.29, 0.717) is 6.42 Å². The normalized spacial score (nSPS) is 18.8. The van der Waals surface area contributed by atoms with Gasteiger partial charge in [0.15, 0.2) is 0 Å². The summed E-state index contributed by atoms with van der Waals surface area (Å²) in [5.41, 5.74) is 2.58. The molecule has 232 valence electrons. The number of piperidine rings is 1. The molecule has 3 heterocycles. The Labute approximate surface area is 237 Å². The molecule has 1 amide bonds. The van der Waals surface area contributed by atoms with Crippen molar-refractivity contribution >= 4 is 17.8 Å². The van der Waals surface area contributed by atoms with E-state index in [1.807, 2.05) is 24.3 Å². The Kier molecular flexibility index (Phi) is 12.1. The van der Waals surface area contributed by atoms with Crippen LogP contribution in [0, 0.1) is 5.41 Å². The van der Waals surface area contributed by atoms with Crippen LogP contribution in [0.15, 0.2) is 48.8 Å². The van der Waals surface area contributed by atoms with Crippen LogP contribution in [0.25, 0.3) is 0 Å². The van der Waals surface area contributed by atoms with Crippen LogP contribution in [0.2, 0.25) is 0 Å². The fraction of sp³-hybridized carbons (Fsp3) is 0.481. The number of aromatic nitrogens is 1. The smallest absolute Gasteiger partial charge is 0.490 e. The maximum atomic E-state index is 12.8. The summed E-state index contributed by atoms with van der Waals surface area (Å²) in [4.78, 5) is 39.4. The zero-order chi connectivity index (χ0) is 31.6. The number of likely N-dealkylation sites (tertiary alicyclic amines) is 2. The highest BCUT2D eigenvalue weighted by molar-refractivity contribution is 5.78. The average Bonchev–Trinajstić information content (AvgIpc) is 3.30. The monoisotopic (exact) mass is 607 g/mol. The Bertz CT molecular complexity index is 1150. The van der Waals surface area contributed by atoms with Crippen molar-refractivity contribution < 1.29 is 55.7 Å². The number of ether oxygens (including phenoxy) is 1. The third-order valence-corrected chi connectivity index (χ3v) is 6.66. The zero-order valence-electron chi connectivity index (χ0n) is 22.6. The van der Waals surface area contributed by atoms with Crippen molar-refractivity contribution in [2.24, 2.45) is 5.41 Å². The number of carbonyl (C=O) groups excluding carboxylic acids is 1. The van der Waals surface area contributed by atoms with E-state index in [4.69, 9.17) is 24.5 Å². The van der Waals surface area contributed by atoms with Crippen molar-refractivity contribution in [2.75, 3.05) is 33.3 Å². The number of carboxylic acid groups (broad SMARTS) is 2. The first kappa shape index (κ1) is 34.3. The maximum Gasteiger partial charge on any atom is 0.490 e. The number of benzene rings is 1. The fourth-order valence-electron chi connectivity index (χ4n) is 4.69. The first-order valence-electron chi connectivity index (χ1n) is 12.7. The number of carboxylic acids is 2. The summed E-state index contributed by atoms with van der Waals surface area (Å²) in [5, 5.41) is 14.2. The Balaban J connectivity index is 0.000000367. The van der Waals surface area contributed by atoms with Crippen LogP contribution >= 0.6 is 0 Å². The minimum absolute atomic E-state index is 0.237. The van der Waals surface area contributed by atoms with Crippen molar-refractivity contribution in [3.63, 3.8) is 0 Å². The molecule has 1 atom stereocenters. The lowest BCUT2D eigenvalue weighted by Gasteiger charge is -2.40. The third kappa shape index (κ3) is 11.2. The minimum atomic E-state index is -5.08. The SMILES string of the molecule is COc1ccc(CN2CCC3(CCCN(C(=O)Cc4cccnc4)C3)C2)cc1.O=C(O)C(F)(F)F.O=C(O)C(F)(F)F. The first-order valence-corrected chi connectivity index (χ1v) is 12.7. The second kappa shape index (κ2) is 14.8. The molecular weight excluding hydrogens is 576 g/mol. The summed E-state index contributed by atoms with van der Waals surface area (Å²) in [6, 6.07) is 12.2. The molecule has 2 aromatic rings. The molecule has 2 fully saturated rings. The van der Waals surface area contributed by atoms with Gasteiger partial charge in [0, 0.05) is 44.0 Å². The van der Waals surface area contributed by atoms with Gasteiger partial charge in [-0.2, -0.15) is 26.3 Å². The van der Waals surface area contributed by atoms with Crippen LogP contribution in [0.3, 0.4) is 0 Å². The standard InChI is InChI=1S/C23H29N3O2.2C2HF3O2/c1-28-21-7-5-19(6-8-21)16-25-13-10-23(17-25)9-3-12-26(18-23)22(27)14-20-4-2-11-24-15-20;2*3-2(4,5)1(6)7/h2,4-8,11,15H,3,9-10,12-14,16-18H2,1H3;2*(H,6,7). The predicted molar refractivity (Wildman–Crippen MR) is 136 cm³/mol. The van der Waals surface area contributed by atoms with Gasteiger partial charge in [0.25, 0.3) is 0 Å². The zero-order valence-corrected chi connectivity index (χ0v) is 22.6. The highest BCUT2D eigenvalue weighted by Crippen LogP contribution is 2.39. The molecule has 1 aromatic heterocycles. The van der Waals surface area contributed by atoms with Crippen LogP contribution in [0.5, 0.6) is 5.75 Å². The number of carbonyl (C=O) groups is 3. The van der Waals surface area contributed by atoms with Gasteiger partial charge in [0.1, 0.15) is 5.75 Å². The molecule has 1 unspecified atom stereocenters. The third-order valence-electron chi connectivity index (χ3n) is 6.66. The Hall–Kier alpha value is -3.88. The number of pyridine rings is 1. The van der Waals surface area contributed by atoms with E-state index in [0.717, 1.165) is 50.5 Å². The van der Waals surface area contributed by atoms with Crippen molar-refractivity contribution in [1.82, 2.24) is 14.8 Å². The lowest BCUT2D eigenvalue weighted by atomic mass is 9.79. The first-order chi connectivity index (χ1) is 19.5. The van der Waals surface area contributed by atoms with Crippen molar-refractivity contribution in [2.45, 2.75) is 44.6 Å². The van der Waals surface area contributed by atoms with Crippen molar-refractivity contribution in [1.29, 1.82) is 0 Å². The lowest BCUT2D eigenvalue weighted by Crippen LogP contribution is -2.47. The van der Waals surface area contributed by atoms with Crippen LogP contribution in [-0.2, 0) is 27.3 Å². The van der Waals surface area contributed by atoms with Crippen LogP contribution in [-0.4, -0.2) is 88.5 Å². The van der Waals surface area contributed by atoms with Crippen LogP contribution < -0.4 is 4.74 Å². The molecule has 0 aliphatic carbocycles. The summed E-state index contributed by atoms with van der Waals surface area (Å²) < 4.78 is 68.7. The molecular formula is C27H31F6N3O6. The molecule has 2 saturated heterocycles. The van der Waals surface area contributed by atoms with Gasteiger partial charge < -0.3 is 19.8 Å². The molecule has 0 saturated carbocycles. The van der Waals surface area contributed by atoms with Crippen LogP contribution in [0.4, 0.5) is 26.3 Å². The number of aliphatic carboxylic acids is 2. The number of nitrogens with zero attached hydrogens (tertiary/aromatic N) is 3. The van der Waals surface area contributed by atoms with Gasteiger partial charge in [-0.15, -0.1) is 0 Å². The summed E-state index contributed by atoms with van der Waals surface area (Å²) >= 11 is 0. The fourth-order valence-corrected chi connectivity index (χ4v) is 4.69. The molecule has 1 spiro atoms. The topological polar surface area (TPSA) is 120 Å². The number of halogens is 6. The molecule has 2 aliphatic heterocycles. The number of amides is 1. The number of methoxy groups -OCH3 is 1. The largest absolute Gasteiger partial charge is 0.497 e. The Morgan fingerprint density at radius 2 is 1.50 bits per heavy atom. The van der Waals surface area contributed by atoms with Crippen LogP contribution in [0.1, 0.15) is 30.4 Å². The molecule has 9 nitrogen and oxygen atoms in total. The summed E-state index contributed by atoms with van der Waals surface area (Å²) in [6.07, 6.45) is -2.65. The van der Waals surface area contributed by atoms with E-state index >= 15 is 0 Å². The summed E-state index contributed by atoms with van der Waals surface area (Å²) in [7, 11) is 1.70. The summed E-state index contributed by atoms with van der Waals surface area (Å²) in [5.74, 6) is -4.38.